The van der Waals surface area contributed by atoms with Gasteiger partial charge in [-0.25, -0.2) is 0 Å². The summed E-state index contributed by atoms with van der Waals surface area (Å²) in [6, 6.07) is 5.42. The molecule has 1 rings (SSSR count). The molecule has 0 aliphatic carbocycles. The molecule has 100 valence electrons. The van der Waals surface area contributed by atoms with E-state index in [0.717, 1.165) is 5.56 Å². The molecule has 0 aliphatic rings. The van der Waals surface area contributed by atoms with Crippen molar-refractivity contribution >= 4 is 5.91 Å². The number of carbonyl (C=O) groups is 1. The van der Waals surface area contributed by atoms with Gasteiger partial charge in [-0.3, -0.25) is 4.79 Å². The average molecular weight is 252 g/mol. The van der Waals surface area contributed by atoms with E-state index in [4.69, 9.17) is 4.74 Å². The quantitative estimate of drug-likeness (QED) is 0.634. The third-order valence-electron chi connectivity index (χ3n) is 2.37. The zero-order valence-electron chi connectivity index (χ0n) is 10.8. The lowest BCUT2D eigenvalue weighted by atomic mass is 10.2. The number of hydrogen-bond donors (Lipinski definition) is 3. The Balaban J connectivity index is 2.42. The van der Waals surface area contributed by atoms with Gasteiger partial charge in [-0.15, -0.1) is 0 Å². The number of phenols is 1. The molecule has 1 aromatic rings. The Labute approximate surface area is 107 Å². The van der Waals surface area contributed by atoms with E-state index in [0.29, 0.717) is 32.0 Å². The first kappa shape index (κ1) is 14.3. The number of carbonyl (C=O) groups excluding carboxylic acids is 1. The van der Waals surface area contributed by atoms with Crippen molar-refractivity contribution in [1.82, 2.24) is 10.6 Å². The Morgan fingerprint density at radius 2 is 2.17 bits per heavy atom. The SMILES string of the molecule is CCOc1cccc(CNCCNC(C)=O)c1O. The second-order valence-corrected chi connectivity index (χ2v) is 3.86. The summed E-state index contributed by atoms with van der Waals surface area (Å²) in [5.41, 5.74) is 0.781. The number of amides is 1. The zero-order valence-corrected chi connectivity index (χ0v) is 10.8. The molecule has 0 bridgehead atoms. The summed E-state index contributed by atoms with van der Waals surface area (Å²) in [5.74, 6) is 0.628. The van der Waals surface area contributed by atoms with Crippen molar-refractivity contribution < 1.29 is 14.6 Å². The van der Waals surface area contributed by atoms with E-state index in [1.54, 1.807) is 6.07 Å². The van der Waals surface area contributed by atoms with Gasteiger partial charge in [0.2, 0.25) is 5.91 Å². The molecule has 0 saturated heterocycles. The minimum atomic E-state index is -0.0435. The summed E-state index contributed by atoms with van der Waals surface area (Å²) in [6.07, 6.45) is 0. The fourth-order valence-electron chi connectivity index (χ4n) is 1.53. The first-order chi connectivity index (χ1) is 8.65. The second kappa shape index (κ2) is 7.55. The number of rotatable bonds is 7. The lowest BCUT2D eigenvalue weighted by molar-refractivity contribution is -0.118. The predicted octanol–water partition coefficient (Wildman–Crippen LogP) is 1.02. The molecule has 0 unspecified atom stereocenters. The number of ether oxygens (including phenoxy) is 1. The average Bonchev–Trinajstić information content (AvgIpc) is 2.33. The van der Waals surface area contributed by atoms with Crippen molar-refractivity contribution in [2.75, 3.05) is 19.7 Å². The largest absolute Gasteiger partial charge is 0.504 e. The number of nitrogens with one attached hydrogen (secondary N) is 2. The van der Waals surface area contributed by atoms with Crippen molar-refractivity contribution in [2.45, 2.75) is 20.4 Å². The van der Waals surface area contributed by atoms with E-state index in [1.807, 2.05) is 19.1 Å². The highest BCUT2D eigenvalue weighted by Crippen LogP contribution is 2.29. The zero-order chi connectivity index (χ0) is 13.4. The van der Waals surface area contributed by atoms with E-state index in [-0.39, 0.29) is 11.7 Å². The number of phenolic OH excluding ortho intramolecular Hbond substituents is 1. The van der Waals surface area contributed by atoms with Crippen LogP contribution in [0.25, 0.3) is 0 Å². The fourth-order valence-corrected chi connectivity index (χ4v) is 1.53. The highest BCUT2D eigenvalue weighted by atomic mass is 16.5. The molecule has 0 aromatic heterocycles. The lowest BCUT2D eigenvalue weighted by Gasteiger charge is -2.11. The Morgan fingerprint density at radius 3 is 2.83 bits per heavy atom. The second-order valence-electron chi connectivity index (χ2n) is 3.86. The van der Waals surface area contributed by atoms with E-state index in [2.05, 4.69) is 10.6 Å². The van der Waals surface area contributed by atoms with Crippen LogP contribution in [0.4, 0.5) is 0 Å². The molecular formula is C13H20N2O3. The maximum atomic E-state index is 10.7. The maximum Gasteiger partial charge on any atom is 0.216 e. The van der Waals surface area contributed by atoms with Crippen LogP contribution >= 0.6 is 0 Å². The molecule has 0 saturated carbocycles. The van der Waals surface area contributed by atoms with Gasteiger partial charge in [0.05, 0.1) is 6.61 Å². The molecule has 0 radical (unpaired) electrons. The van der Waals surface area contributed by atoms with Gasteiger partial charge in [-0.05, 0) is 13.0 Å². The fraction of sp³-hybridized carbons (Fsp3) is 0.462. The Hall–Kier alpha value is -1.75. The third-order valence-corrected chi connectivity index (χ3v) is 2.37. The number of benzene rings is 1. The molecule has 18 heavy (non-hydrogen) atoms. The summed E-state index contributed by atoms with van der Waals surface area (Å²) < 4.78 is 5.30. The highest BCUT2D eigenvalue weighted by molar-refractivity contribution is 5.72. The Morgan fingerprint density at radius 1 is 1.39 bits per heavy atom. The molecule has 0 spiro atoms. The smallest absolute Gasteiger partial charge is 0.216 e. The van der Waals surface area contributed by atoms with Crippen LogP contribution in [0.1, 0.15) is 19.4 Å². The van der Waals surface area contributed by atoms with E-state index in [1.165, 1.54) is 6.92 Å². The van der Waals surface area contributed by atoms with E-state index < -0.39 is 0 Å². The number of hydrogen-bond acceptors (Lipinski definition) is 4. The number of para-hydroxylation sites is 1. The van der Waals surface area contributed by atoms with Crippen molar-refractivity contribution in [3.8, 4) is 11.5 Å². The van der Waals surface area contributed by atoms with Crippen LogP contribution in [0.5, 0.6) is 11.5 Å². The first-order valence-corrected chi connectivity index (χ1v) is 6.04. The normalized spacial score (nSPS) is 10.1. The Kier molecular flexibility index (Phi) is 6.00. The van der Waals surface area contributed by atoms with Gasteiger partial charge in [-0.1, -0.05) is 12.1 Å². The van der Waals surface area contributed by atoms with Crippen molar-refractivity contribution in [3.63, 3.8) is 0 Å². The van der Waals surface area contributed by atoms with Gasteiger partial charge in [-0.2, -0.15) is 0 Å². The molecule has 3 N–H and O–H groups in total. The van der Waals surface area contributed by atoms with Gasteiger partial charge in [0, 0.05) is 32.1 Å². The van der Waals surface area contributed by atoms with Gasteiger partial charge < -0.3 is 20.5 Å². The molecule has 5 nitrogen and oxygen atoms in total. The van der Waals surface area contributed by atoms with Crippen LogP contribution in [0, 0.1) is 0 Å². The van der Waals surface area contributed by atoms with Gasteiger partial charge >= 0.3 is 0 Å². The third kappa shape index (κ3) is 4.63. The predicted molar refractivity (Wildman–Crippen MR) is 69.7 cm³/mol. The monoisotopic (exact) mass is 252 g/mol. The minimum absolute atomic E-state index is 0.0435. The van der Waals surface area contributed by atoms with Crippen LogP contribution in [0.3, 0.4) is 0 Å². The molecule has 5 heteroatoms. The van der Waals surface area contributed by atoms with Gasteiger partial charge in [0.1, 0.15) is 0 Å². The summed E-state index contributed by atoms with van der Waals surface area (Å²) in [6.45, 7) is 5.63. The standard InChI is InChI=1S/C13H20N2O3/c1-3-18-12-6-4-5-11(13(12)17)9-14-7-8-15-10(2)16/h4-6,14,17H,3,7-9H2,1-2H3,(H,15,16). The molecule has 0 heterocycles. The first-order valence-electron chi connectivity index (χ1n) is 6.04. The summed E-state index contributed by atoms with van der Waals surface area (Å²) in [4.78, 5) is 10.7. The topological polar surface area (TPSA) is 70.6 Å². The summed E-state index contributed by atoms with van der Waals surface area (Å²) in [5, 5.41) is 15.8. The van der Waals surface area contributed by atoms with Crippen molar-refractivity contribution in [2.24, 2.45) is 0 Å². The maximum absolute atomic E-state index is 10.7. The molecule has 1 aromatic carbocycles. The van der Waals surface area contributed by atoms with Crippen LogP contribution in [0.2, 0.25) is 0 Å². The van der Waals surface area contributed by atoms with Crippen LogP contribution < -0.4 is 15.4 Å². The lowest BCUT2D eigenvalue weighted by Crippen LogP contribution is -2.29. The van der Waals surface area contributed by atoms with Crippen molar-refractivity contribution in [1.29, 1.82) is 0 Å². The molecule has 0 atom stereocenters. The summed E-state index contributed by atoms with van der Waals surface area (Å²) in [7, 11) is 0. The van der Waals surface area contributed by atoms with Gasteiger partial charge in [0.25, 0.3) is 0 Å². The molecule has 0 aliphatic heterocycles. The van der Waals surface area contributed by atoms with E-state index in [9.17, 15) is 9.90 Å². The molecule has 1 amide bonds. The molecule has 0 fully saturated rings. The summed E-state index contributed by atoms with van der Waals surface area (Å²) >= 11 is 0. The van der Waals surface area contributed by atoms with Crippen LogP contribution in [0.15, 0.2) is 18.2 Å². The van der Waals surface area contributed by atoms with Crippen LogP contribution in [-0.2, 0) is 11.3 Å². The van der Waals surface area contributed by atoms with E-state index >= 15 is 0 Å². The highest BCUT2D eigenvalue weighted by Gasteiger charge is 2.06. The molecular weight excluding hydrogens is 232 g/mol. The van der Waals surface area contributed by atoms with Gasteiger partial charge in [0.15, 0.2) is 11.5 Å². The van der Waals surface area contributed by atoms with Crippen molar-refractivity contribution in [3.05, 3.63) is 23.8 Å². The Bertz CT molecular complexity index is 394. The number of aromatic hydroxyl groups is 1. The minimum Gasteiger partial charge on any atom is -0.504 e. The van der Waals surface area contributed by atoms with Crippen LogP contribution in [-0.4, -0.2) is 30.7 Å².